The van der Waals surface area contributed by atoms with Crippen LogP contribution in [0.5, 0.6) is 5.75 Å². The molecule has 0 aliphatic carbocycles. The van der Waals surface area contributed by atoms with Gasteiger partial charge in [0.15, 0.2) is 0 Å². The molecule has 10 nitrogen and oxygen atoms in total. The summed E-state index contributed by atoms with van der Waals surface area (Å²) in [4.78, 5) is 52.4. The second-order valence-electron chi connectivity index (χ2n) is 10.9. The highest BCUT2D eigenvalue weighted by Crippen LogP contribution is 2.39. The number of halogens is 1. The summed E-state index contributed by atoms with van der Waals surface area (Å²) in [5.41, 5.74) is 2.33. The van der Waals surface area contributed by atoms with E-state index < -0.39 is 22.0 Å². The Morgan fingerprint density at radius 2 is 1.54 bits per heavy atom. The van der Waals surface area contributed by atoms with Crippen molar-refractivity contribution in [1.29, 1.82) is 0 Å². The summed E-state index contributed by atoms with van der Waals surface area (Å²) < 4.78 is 5.45. The third kappa shape index (κ3) is 8.95. The quantitative estimate of drug-likeness (QED) is 0.0512. The Morgan fingerprint density at radius 3 is 2.24 bits per heavy atom. The van der Waals surface area contributed by atoms with Gasteiger partial charge < -0.3 is 20.7 Å². The van der Waals surface area contributed by atoms with Gasteiger partial charge in [0, 0.05) is 33.3 Å². The van der Waals surface area contributed by atoms with Crippen molar-refractivity contribution in [3.8, 4) is 5.75 Å². The number of carbonyl (C=O) groups is 3. The maximum atomic E-state index is 13.8. The van der Waals surface area contributed by atoms with Crippen LogP contribution in [0.1, 0.15) is 32.3 Å². The van der Waals surface area contributed by atoms with Crippen LogP contribution >= 0.6 is 23.4 Å². The summed E-state index contributed by atoms with van der Waals surface area (Å²) >= 11 is 7.54. The number of nitro benzene ring substituents is 1. The van der Waals surface area contributed by atoms with Gasteiger partial charge in [0.05, 0.1) is 23.3 Å². The molecule has 0 heterocycles. The first-order valence-electron chi connectivity index (χ1n) is 15.2. The molecule has 0 fully saturated rings. The van der Waals surface area contributed by atoms with Crippen LogP contribution < -0.4 is 20.7 Å². The molecule has 5 rings (SSSR count). The zero-order valence-corrected chi connectivity index (χ0v) is 28.5. The number of benzene rings is 5. The van der Waals surface area contributed by atoms with Crippen LogP contribution in [0.4, 0.5) is 17.1 Å². The first-order valence-corrected chi connectivity index (χ1v) is 16.5. The molecule has 0 aliphatic heterocycles. The average Bonchev–Trinajstić information content (AvgIpc) is 3.12. The lowest BCUT2D eigenvalue weighted by Gasteiger charge is -2.19. The van der Waals surface area contributed by atoms with E-state index in [4.69, 9.17) is 16.3 Å². The Balaban J connectivity index is 1.42. The topological polar surface area (TPSA) is 140 Å². The van der Waals surface area contributed by atoms with Crippen LogP contribution in [-0.2, 0) is 9.59 Å². The van der Waals surface area contributed by atoms with Crippen molar-refractivity contribution in [3.63, 3.8) is 0 Å². The lowest BCUT2D eigenvalue weighted by Crippen LogP contribution is -2.30. The van der Waals surface area contributed by atoms with Gasteiger partial charge in [-0.15, -0.1) is 11.8 Å². The number of ether oxygens (including phenoxy) is 1. The van der Waals surface area contributed by atoms with Gasteiger partial charge in [0.25, 0.3) is 17.5 Å². The van der Waals surface area contributed by atoms with E-state index in [0.717, 1.165) is 11.1 Å². The van der Waals surface area contributed by atoms with Gasteiger partial charge in [-0.3, -0.25) is 24.5 Å². The van der Waals surface area contributed by atoms with E-state index in [2.05, 4.69) is 16.0 Å². The molecule has 3 amide bonds. The highest BCUT2D eigenvalue weighted by molar-refractivity contribution is 8.00. The van der Waals surface area contributed by atoms with E-state index in [1.54, 1.807) is 72.8 Å². The van der Waals surface area contributed by atoms with Crippen molar-refractivity contribution in [3.05, 3.63) is 164 Å². The maximum Gasteiger partial charge on any atom is 0.276 e. The maximum absolute atomic E-state index is 13.8. The van der Waals surface area contributed by atoms with Crippen LogP contribution in [0.25, 0.3) is 6.08 Å². The fraction of sp³-hybridized carbons (Fsp3) is 0.0789. The second kappa shape index (κ2) is 16.5. The molecule has 3 N–H and O–H groups in total. The number of amides is 3. The molecule has 252 valence electrons. The number of aryl methyl sites for hydroxylation is 1. The first-order chi connectivity index (χ1) is 24.1. The molecule has 0 saturated carbocycles. The Bertz CT molecular complexity index is 2080. The van der Waals surface area contributed by atoms with Crippen molar-refractivity contribution in [2.24, 2.45) is 0 Å². The molecule has 0 aliphatic rings. The van der Waals surface area contributed by atoms with Crippen molar-refractivity contribution >= 4 is 64.2 Å². The summed E-state index contributed by atoms with van der Waals surface area (Å²) in [6, 6.07) is 33.7. The summed E-state index contributed by atoms with van der Waals surface area (Å²) in [7, 11) is 1.49. The normalized spacial score (nSPS) is 11.6. The predicted octanol–water partition coefficient (Wildman–Crippen LogP) is 8.45. The summed E-state index contributed by atoms with van der Waals surface area (Å²) in [6.45, 7) is 1.83. The number of nitrogens with zero attached hydrogens (tertiary/aromatic N) is 1. The van der Waals surface area contributed by atoms with E-state index in [0.29, 0.717) is 32.6 Å². The van der Waals surface area contributed by atoms with Gasteiger partial charge in [-0.1, -0.05) is 78.3 Å². The van der Waals surface area contributed by atoms with Gasteiger partial charge in [-0.05, 0) is 66.6 Å². The van der Waals surface area contributed by atoms with Crippen molar-refractivity contribution < 1.29 is 24.0 Å². The molecule has 5 aromatic rings. The van der Waals surface area contributed by atoms with Gasteiger partial charge in [0.1, 0.15) is 16.7 Å². The molecule has 0 aromatic heterocycles. The smallest absolute Gasteiger partial charge is 0.276 e. The Morgan fingerprint density at radius 1 is 0.860 bits per heavy atom. The minimum absolute atomic E-state index is 0.129. The van der Waals surface area contributed by atoms with Gasteiger partial charge in [-0.2, -0.15) is 0 Å². The Hall–Kier alpha value is -5.91. The Labute approximate surface area is 297 Å². The lowest BCUT2D eigenvalue weighted by atomic mass is 10.1. The van der Waals surface area contributed by atoms with Crippen molar-refractivity contribution in [2.45, 2.75) is 17.1 Å². The van der Waals surface area contributed by atoms with E-state index in [9.17, 15) is 24.5 Å². The zero-order chi connectivity index (χ0) is 35.6. The minimum Gasteiger partial charge on any atom is -0.495 e. The fourth-order valence-corrected chi connectivity index (χ4v) is 6.12. The Kier molecular flexibility index (Phi) is 11.7. The molecule has 1 atom stereocenters. The number of nitro groups is 1. The monoisotopic (exact) mass is 706 g/mol. The lowest BCUT2D eigenvalue weighted by molar-refractivity contribution is -0.385. The summed E-state index contributed by atoms with van der Waals surface area (Å²) in [5.74, 6) is -1.18. The standard InChI is InChI=1S/C38H31ClN4O6S/c1-24-20-31(34(49-2)23-30(24)39)41-38(46)35(25-12-5-3-6-13-25)50-29-18-11-17-28(22-29)40-37(45)32(42-36(44)26-14-7-4-8-15-26)21-27-16-9-10-19-33(27)43(47)48/h3-23,35H,1-2H3,(H,40,45)(H,41,46)(H,42,44)/b32-21+. The van der Waals surface area contributed by atoms with Crippen molar-refractivity contribution in [1.82, 2.24) is 5.32 Å². The number of rotatable bonds is 12. The zero-order valence-electron chi connectivity index (χ0n) is 26.9. The summed E-state index contributed by atoms with van der Waals surface area (Å²) in [6.07, 6.45) is 1.26. The molecule has 1 unspecified atom stereocenters. The third-order valence-corrected chi connectivity index (χ3v) is 9.04. The van der Waals surface area contributed by atoms with E-state index in [1.807, 2.05) is 37.3 Å². The molecule has 0 bridgehead atoms. The minimum atomic E-state index is -0.711. The second-order valence-corrected chi connectivity index (χ2v) is 12.5. The average molecular weight is 707 g/mol. The van der Waals surface area contributed by atoms with Gasteiger partial charge in [0.2, 0.25) is 5.91 Å². The fourth-order valence-electron chi connectivity index (χ4n) is 4.88. The SMILES string of the molecule is COc1cc(Cl)c(C)cc1NC(=O)C(Sc1cccc(NC(=O)/C(=C\c2ccccc2[N+](=O)[O-])NC(=O)c2ccccc2)c1)c1ccccc1. The van der Waals surface area contributed by atoms with E-state index in [1.165, 1.54) is 43.1 Å². The van der Waals surface area contributed by atoms with Crippen LogP contribution in [0.3, 0.4) is 0 Å². The largest absolute Gasteiger partial charge is 0.495 e. The summed E-state index contributed by atoms with van der Waals surface area (Å²) in [5, 5.41) is 19.8. The molecule has 50 heavy (non-hydrogen) atoms. The van der Waals surface area contributed by atoms with Crippen LogP contribution in [0.15, 0.2) is 132 Å². The number of methoxy groups -OCH3 is 1. The molecule has 0 saturated heterocycles. The van der Waals surface area contributed by atoms with Crippen LogP contribution in [0.2, 0.25) is 5.02 Å². The number of hydrogen-bond donors (Lipinski definition) is 3. The van der Waals surface area contributed by atoms with Crippen molar-refractivity contribution in [2.75, 3.05) is 17.7 Å². The van der Waals surface area contributed by atoms with Gasteiger partial charge in [-0.25, -0.2) is 0 Å². The van der Waals surface area contributed by atoms with E-state index >= 15 is 0 Å². The molecule has 12 heteroatoms. The molecule has 5 aromatic carbocycles. The van der Waals surface area contributed by atoms with Crippen LogP contribution in [0, 0.1) is 17.0 Å². The molecule has 0 radical (unpaired) electrons. The van der Waals surface area contributed by atoms with Crippen LogP contribution in [-0.4, -0.2) is 29.8 Å². The highest BCUT2D eigenvalue weighted by atomic mass is 35.5. The third-order valence-electron chi connectivity index (χ3n) is 7.39. The van der Waals surface area contributed by atoms with E-state index in [-0.39, 0.29) is 22.9 Å². The molecular formula is C38H31ClN4O6S. The number of hydrogen-bond acceptors (Lipinski definition) is 7. The highest BCUT2D eigenvalue weighted by Gasteiger charge is 2.24. The molecule has 0 spiro atoms. The van der Waals surface area contributed by atoms with Gasteiger partial charge >= 0.3 is 0 Å². The predicted molar refractivity (Wildman–Crippen MR) is 196 cm³/mol. The number of thioether (sulfide) groups is 1. The number of para-hydroxylation sites is 1. The number of anilines is 2. The number of carbonyl (C=O) groups excluding carboxylic acids is 3. The molecular weight excluding hydrogens is 676 g/mol. The first kappa shape index (κ1) is 35.4. The number of nitrogens with one attached hydrogen (secondary N) is 3.